The van der Waals surface area contributed by atoms with Gasteiger partial charge in [-0.25, -0.2) is 0 Å². The summed E-state index contributed by atoms with van der Waals surface area (Å²) in [6.45, 7) is 7.45. The summed E-state index contributed by atoms with van der Waals surface area (Å²) in [4.78, 5) is 4.54. The molecule has 0 saturated carbocycles. The molecule has 0 aromatic heterocycles. The summed E-state index contributed by atoms with van der Waals surface area (Å²) in [5.74, 6) is 0. The second-order valence-corrected chi connectivity index (χ2v) is 15.0. The molecule has 0 nitrogen and oxygen atoms in total. The molecule has 0 radical (unpaired) electrons. The average Bonchev–Trinajstić information content (AvgIpc) is 1.68. The van der Waals surface area contributed by atoms with Crippen molar-refractivity contribution in [1.82, 2.24) is 0 Å². The molecule has 0 aliphatic rings. The van der Waals surface area contributed by atoms with Crippen LogP contribution in [0.25, 0.3) is 0 Å². The zero-order valence-corrected chi connectivity index (χ0v) is 7.92. The molecule has 0 spiro atoms. The number of hydrogen-bond acceptors (Lipinski definition) is 0. The predicted molar refractivity (Wildman–Crippen MR) is 37.9 cm³/mol. The molecule has 1 heteroatoms. The van der Waals surface area contributed by atoms with Crippen molar-refractivity contribution in [2.45, 2.75) is 9.88 Å². The van der Waals surface area contributed by atoms with Crippen LogP contribution in [0.5, 0.6) is 0 Å². The third kappa shape index (κ3) is 2.92. The fraction of sp³-hybridized carbons (Fsp3) is 0.333. The molecule has 0 aromatic rings. The first-order valence-electron chi connectivity index (χ1n) is 2.39. The molecule has 0 bridgehead atoms. The minimum absolute atomic E-state index is 1.76. The van der Waals surface area contributed by atoms with Crippen LogP contribution in [-0.2, 0) is 0 Å². The molecule has 0 atom stereocenters. The third-order valence-electron chi connectivity index (χ3n) is 1.05. The summed E-state index contributed by atoms with van der Waals surface area (Å²) in [5, 5.41) is 0. The molecule has 0 rings (SSSR count). The van der Waals surface area contributed by atoms with Gasteiger partial charge in [-0.1, -0.05) is 0 Å². The van der Waals surface area contributed by atoms with E-state index in [4.69, 9.17) is 0 Å². The van der Waals surface area contributed by atoms with Gasteiger partial charge in [-0.05, 0) is 0 Å². The van der Waals surface area contributed by atoms with Crippen molar-refractivity contribution in [1.29, 1.82) is 0 Å². The van der Waals surface area contributed by atoms with Gasteiger partial charge in [0.15, 0.2) is 0 Å². The maximum absolute atomic E-state index is 3.73. The Bertz CT molecular complexity index is 72.2. The van der Waals surface area contributed by atoms with Crippen LogP contribution in [0.4, 0.5) is 0 Å². The zero-order chi connectivity index (χ0) is 5.91. The Morgan fingerprint density at radius 1 is 1.14 bits per heavy atom. The van der Waals surface area contributed by atoms with Gasteiger partial charge in [-0.15, -0.1) is 0 Å². The summed E-state index contributed by atoms with van der Waals surface area (Å²) >= 11 is -1.76. The van der Waals surface area contributed by atoms with Gasteiger partial charge in [0.2, 0.25) is 0 Å². The topological polar surface area (TPSA) is 0 Å². The van der Waals surface area contributed by atoms with Gasteiger partial charge in [0.25, 0.3) is 0 Å². The minimum atomic E-state index is -1.76. The van der Waals surface area contributed by atoms with Gasteiger partial charge >= 0.3 is 49.6 Å². The predicted octanol–water partition coefficient (Wildman–Crippen LogP) is 2.15. The Kier molecular flexibility index (Phi) is 2.65. The van der Waals surface area contributed by atoms with Gasteiger partial charge < -0.3 is 0 Å². The molecule has 0 heterocycles. The molecule has 0 saturated heterocycles. The van der Waals surface area contributed by atoms with E-state index in [-0.39, 0.29) is 0 Å². The Hall–Kier alpha value is 0.279. The van der Waals surface area contributed by atoms with E-state index in [1.807, 2.05) is 0 Å². The molecule has 0 aliphatic heterocycles. The van der Waals surface area contributed by atoms with E-state index in [1.54, 1.807) is 0 Å². The van der Waals surface area contributed by atoms with Crippen LogP contribution in [-0.4, -0.2) is 18.4 Å². The average molecular weight is 203 g/mol. The Morgan fingerprint density at radius 3 is 1.43 bits per heavy atom. The Morgan fingerprint density at radius 2 is 1.43 bits per heavy atom. The van der Waals surface area contributed by atoms with Gasteiger partial charge in [0, 0.05) is 0 Å². The molecule has 0 N–H and O–H groups in total. The first-order chi connectivity index (χ1) is 3.12. The molecule has 0 fully saturated rings. The second kappa shape index (κ2) is 2.55. The fourth-order valence-corrected chi connectivity index (χ4v) is 0.559. The van der Waals surface area contributed by atoms with E-state index in [0.717, 1.165) is 0 Å². The van der Waals surface area contributed by atoms with Gasteiger partial charge in [0.1, 0.15) is 0 Å². The standard InChI is InChI=1S/2C2H3.2CH3.Sn/c2*1-2;;;/h2*1H,2H2;2*1H3;. The summed E-state index contributed by atoms with van der Waals surface area (Å²) in [5.41, 5.74) is 0. The maximum atomic E-state index is 3.73. The van der Waals surface area contributed by atoms with Crippen LogP contribution in [0.15, 0.2) is 21.3 Å². The van der Waals surface area contributed by atoms with Crippen molar-refractivity contribution >= 4 is 18.4 Å². The Balaban J connectivity index is 3.82. The summed E-state index contributed by atoms with van der Waals surface area (Å²) in [6, 6.07) is 0. The summed E-state index contributed by atoms with van der Waals surface area (Å²) in [7, 11) is 0. The van der Waals surface area contributed by atoms with E-state index in [0.29, 0.717) is 0 Å². The van der Waals surface area contributed by atoms with E-state index in [2.05, 4.69) is 31.2 Å². The van der Waals surface area contributed by atoms with Crippen LogP contribution in [0, 0.1) is 0 Å². The van der Waals surface area contributed by atoms with Crippen molar-refractivity contribution in [3.63, 3.8) is 0 Å². The molecule has 0 unspecified atom stereocenters. The molecule has 7 heavy (non-hydrogen) atoms. The number of hydrogen-bond donors (Lipinski definition) is 0. The third-order valence-corrected chi connectivity index (χ3v) is 7.06. The molecular weight excluding hydrogens is 191 g/mol. The second-order valence-electron chi connectivity index (χ2n) is 2.23. The quantitative estimate of drug-likeness (QED) is 0.603. The van der Waals surface area contributed by atoms with Crippen molar-refractivity contribution in [3.05, 3.63) is 21.3 Å². The zero-order valence-electron chi connectivity index (χ0n) is 5.07. The normalized spacial score (nSPS) is 10.6. The van der Waals surface area contributed by atoms with Crippen LogP contribution in [0.3, 0.4) is 0 Å². The first-order valence-corrected chi connectivity index (χ1v) is 11.4. The Labute approximate surface area is 49.8 Å². The van der Waals surface area contributed by atoms with E-state index in [9.17, 15) is 0 Å². The van der Waals surface area contributed by atoms with Crippen LogP contribution in [0.2, 0.25) is 9.88 Å². The summed E-state index contributed by atoms with van der Waals surface area (Å²) in [6.07, 6.45) is 0. The van der Waals surface area contributed by atoms with E-state index in [1.165, 1.54) is 0 Å². The van der Waals surface area contributed by atoms with Crippen molar-refractivity contribution in [3.8, 4) is 0 Å². The van der Waals surface area contributed by atoms with Crippen LogP contribution < -0.4 is 0 Å². The van der Waals surface area contributed by atoms with Gasteiger partial charge in [-0.2, -0.15) is 0 Å². The first kappa shape index (κ1) is 7.28. The van der Waals surface area contributed by atoms with E-state index < -0.39 is 18.4 Å². The molecule has 0 aromatic carbocycles. The van der Waals surface area contributed by atoms with Crippen molar-refractivity contribution < 1.29 is 0 Å². The summed E-state index contributed by atoms with van der Waals surface area (Å²) < 4.78 is 4.17. The van der Waals surface area contributed by atoms with Gasteiger partial charge in [0.05, 0.1) is 0 Å². The number of rotatable bonds is 2. The molecule has 0 amide bonds. The van der Waals surface area contributed by atoms with Crippen molar-refractivity contribution in [2.24, 2.45) is 0 Å². The monoisotopic (exact) mass is 204 g/mol. The van der Waals surface area contributed by atoms with Crippen LogP contribution >= 0.6 is 0 Å². The molecule has 40 valence electrons. The SMILES string of the molecule is C=[CH][Sn]([CH3])([CH3])[CH]=C. The van der Waals surface area contributed by atoms with E-state index >= 15 is 0 Å². The molecule has 0 aliphatic carbocycles. The van der Waals surface area contributed by atoms with Crippen molar-refractivity contribution in [2.75, 3.05) is 0 Å². The fourth-order valence-electron chi connectivity index (χ4n) is 0.0833. The molecular formula is C6H12Sn. The van der Waals surface area contributed by atoms with Gasteiger partial charge in [-0.3, -0.25) is 0 Å². The van der Waals surface area contributed by atoms with Crippen LogP contribution in [0.1, 0.15) is 0 Å².